The SMILES string of the molecule is CC1(C)CC(=O)C2=C(C1)OC1=C(C(=O)CC(C)(C)C1)C2c1ccc(OCc2cn(-c3ccc(Cl)cc3)nn2)cc1. The molecule has 0 fully saturated rings. The third-order valence-electron chi connectivity index (χ3n) is 7.81. The van der Waals surface area contributed by atoms with E-state index in [1.165, 1.54) is 0 Å². The zero-order valence-corrected chi connectivity index (χ0v) is 23.9. The summed E-state index contributed by atoms with van der Waals surface area (Å²) in [4.78, 5) is 26.9. The highest BCUT2D eigenvalue weighted by Gasteiger charge is 2.47. The Hall–Kier alpha value is -3.71. The Morgan fingerprint density at radius 2 is 1.45 bits per heavy atom. The minimum Gasteiger partial charge on any atom is -0.487 e. The summed E-state index contributed by atoms with van der Waals surface area (Å²) in [7, 11) is 0. The first-order valence-electron chi connectivity index (χ1n) is 13.6. The van der Waals surface area contributed by atoms with Crippen LogP contribution in [0.15, 0.2) is 77.4 Å². The van der Waals surface area contributed by atoms with Crippen LogP contribution in [0.3, 0.4) is 0 Å². The number of hydrogen-bond acceptors (Lipinski definition) is 6. The number of hydrogen-bond donors (Lipinski definition) is 0. The summed E-state index contributed by atoms with van der Waals surface area (Å²) in [6.45, 7) is 8.61. The quantitative estimate of drug-likeness (QED) is 0.339. The highest BCUT2D eigenvalue weighted by molar-refractivity contribution is 6.30. The van der Waals surface area contributed by atoms with Gasteiger partial charge in [0.2, 0.25) is 0 Å². The molecule has 3 aliphatic rings. The van der Waals surface area contributed by atoms with Gasteiger partial charge in [0.1, 0.15) is 29.6 Å². The number of ether oxygens (including phenoxy) is 2. The van der Waals surface area contributed by atoms with Gasteiger partial charge in [0, 0.05) is 47.8 Å². The van der Waals surface area contributed by atoms with Crippen molar-refractivity contribution in [2.75, 3.05) is 0 Å². The summed E-state index contributed by atoms with van der Waals surface area (Å²) in [5.41, 5.74) is 3.34. The Labute approximate surface area is 238 Å². The van der Waals surface area contributed by atoms with Crippen LogP contribution in [0.5, 0.6) is 5.75 Å². The van der Waals surface area contributed by atoms with Crippen LogP contribution < -0.4 is 4.74 Å². The van der Waals surface area contributed by atoms with Gasteiger partial charge in [0.05, 0.1) is 11.9 Å². The second-order valence-corrected chi connectivity index (χ2v) is 13.0. The third kappa shape index (κ3) is 5.10. The standard InChI is InChI=1S/C32H32ClN3O4/c1-31(2)13-24(37)29-26(15-31)40-27-16-32(3,4)14-25(38)30(27)28(29)19-5-11-23(12-6-19)39-18-21-17-36(35-34-21)22-9-7-20(33)8-10-22/h5-12,17,28H,13-16,18H2,1-4H3. The first-order valence-corrected chi connectivity index (χ1v) is 14.0. The molecule has 0 saturated carbocycles. The van der Waals surface area contributed by atoms with E-state index in [4.69, 9.17) is 21.1 Å². The predicted molar refractivity (Wildman–Crippen MR) is 151 cm³/mol. The topological polar surface area (TPSA) is 83.3 Å². The molecule has 0 spiro atoms. The minimum absolute atomic E-state index is 0.0598. The molecule has 0 radical (unpaired) electrons. The lowest BCUT2D eigenvalue weighted by molar-refractivity contribution is -0.120. The summed E-state index contributed by atoms with van der Waals surface area (Å²) in [6, 6.07) is 15.0. The molecule has 6 rings (SSSR count). The number of ketones is 2. The number of allylic oxidation sites excluding steroid dienone is 4. The molecular formula is C32H32ClN3O4. The fourth-order valence-electron chi connectivity index (χ4n) is 6.01. The van der Waals surface area contributed by atoms with E-state index in [-0.39, 0.29) is 29.0 Å². The molecule has 1 aromatic heterocycles. The van der Waals surface area contributed by atoms with Gasteiger partial charge in [0.15, 0.2) is 11.6 Å². The molecule has 8 heteroatoms. The van der Waals surface area contributed by atoms with Gasteiger partial charge in [-0.15, -0.1) is 5.10 Å². The van der Waals surface area contributed by atoms with Crippen LogP contribution in [0.25, 0.3) is 5.69 Å². The molecule has 0 N–H and O–H groups in total. The second-order valence-electron chi connectivity index (χ2n) is 12.6. The number of Topliss-reactive ketones (excluding diaryl/α,β-unsaturated/α-hetero) is 2. The van der Waals surface area contributed by atoms with Crippen LogP contribution in [0.2, 0.25) is 5.02 Å². The Bertz CT molecular complexity index is 1510. The molecule has 0 amide bonds. The average molecular weight is 558 g/mol. The fourth-order valence-corrected chi connectivity index (χ4v) is 6.13. The smallest absolute Gasteiger partial charge is 0.163 e. The zero-order chi connectivity index (χ0) is 28.2. The van der Waals surface area contributed by atoms with Gasteiger partial charge in [-0.1, -0.05) is 56.6 Å². The van der Waals surface area contributed by atoms with Crippen LogP contribution in [-0.4, -0.2) is 26.6 Å². The van der Waals surface area contributed by atoms with Crippen molar-refractivity contribution in [3.8, 4) is 11.4 Å². The summed E-state index contributed by atoms with van der Waals surface area (Å²) in [5, 5.41) is 9.04. The number of benzene rings is 2. The van der Waals surface area contributed by atoms with Crippen molar-refractivity contribution in [1.82, 2.24) is 15.0 Å². The Morgan fingerprint density at radius 1 is 0.875 bits per heavy atom. The minimum atomic E-state index is -0.417. The second kappa shape index (κ2) is 9.73. The highest BCUT2D eigenvalue weighted by atomic mass is 35.5. The normalized spacial score (nSPS) is 20.2. The molecule has 7 nitrogen and oxygen atoms in total. The van der Waals surface area contributed by atoms with Gasteiger partial charge in [-0.25, -0.2) is 4.68 Å². The molecular weight excluding hydrogens is 526 g/mol. The monoisotopic (exact) mass is 557 g/mol. The number of aromatic nitrogens is 3. The van der Waals surface area contributed by atoms with Crippen molar-refractivity contribution in [3.63, 3.8) is 0 Å². The zero-order valence-electron chi connectivity index (χ0n) is 23.2. The van der Waals surface area contributed by atoms with Gasteiger partial charge in [-0.05, 0) is 52.8 Å². The molecule has 0 unspecified atom stereocenters. The lowest BCUT2D eigenvalue weighted by Crippen LogP contribution is -2.37. The summed E-state index contributed by atoms with van der Waals surface area (Å²) in [5.74, 6) is 1.81. The summed E-state index contributed by atoms with van der Waals surface area (Å²) in [6.07, 6.45) is 4.04. The summed E-state index contributed by atoms with van der Waals surface area (Å²) >= 11 is 5.98. The average Bonchev–Trinajstić information content (AvgIpc) is 3.34. The van der Waals surface area contributed by atoms with E-state index in [0.717, 1.165) is 22.8 Å². The maximum absolute atomic E-state index is 13.5. The van der Waals surface area contributed by atoms with Crippen molar-refractivity contribution in [2.45, 2.75) is 65.9 Å². The van der Waals surface area contributed by atoms with Crippen molar-refractivity contribution in [3.05, 3.63) is 93.7 Å². The van der Waals surface area contributed by atoms with Crippen LogP contribution in [0.4, 0.5) is 0 Å². The van der Waals surface area contributed by atoms with E-state index in [1.54, 1.807) is 16.8 Å². The molecule has 2 heterocycles. The number of carbonyl (C=O) groups is 2. The lowest BCUT2D eigenvalue weighted by atomic mass is 9.65. The molecule has 0 atom stereocenters. The van der Waals surface area contributed by atoms with E-state index in [2.05, 4.69) is 38.0 Å². The molecule has 1 aliphatic heterocycles. The molecule has 0 bridgehead atoms. The van der Waals surface area contributed by atoms with Crippen LogP contribution in [0, 0.1) is 10.8 Å². The van der Waals surface area contributed by atoms with E-state index < -0.39 is 5.92 Å². The maximum Gasteiger partial charge on any atom is 0.163 e. The van der Waals surface area contributed by atoms with Gasteiger partial charge in [0.25, 0.3) is 0 Å². The maximum atomic E-state index is 13.5. The number of halogens is 1. The van der Waals surface area contributed by atoms with Crippen molar-refractivity contribution in [2.24, 2.45) is 10.8 Å². The Morgan fingerprint density at radius 3 is 2.02 bits per heavy atom. The van der Waals surface area contributed by atoms with Gasteiger partial charge >= 0.3 is 0 Å². The van der Waals surface area contributed by atoms with E-state index in [1.807, 2.05) is 42.6 Å². The largest absolute Gasteiger partial charge is 0.487 e. The van der Waals surface area contributed by atoms with Crippen LogP contribution in [0.1, 0.15) is 70.6 Å². The highest BCUT2D eigenvalue weighted by Crippen LogP contribution is 2.53. The van der Waals surface area contributed by atoms with Gasteiger partial charge in [-0.2, -0.15) is 0 Å². The van der Waals surface area contributed by atoms with E-state index >= 15 is 0 Å². The van der Waals surface area contributed by atoms with Crippen molar-refractivity contribution < 1.29 is 19.1 Å². The van der Waals surface area contributed by atoms with E-state index in [0.29, 0.717) is 53.3 Å². The van der Waals surface area contributed by atoms with Crippen LogP contribution >= 0.6 is 11.6 Å². The fraction of sp³-hybridized carbons (Fsp3) is 0.375. The Balaban J connectivity index is 1.25. The molecule has 0 saturated heterocycles. The van der Waals surface area contributed by atoms with Crippen LogP contribution in [-0.2, 0) is 20.9 Å². The van der Waals surface area contributed by atoms with Gasteiger partial charge in [-0.3, -0.25) is 9.59 Å². The lowest BCUT2D eigenvalue weighted by Gasteiger charge is -2.42. The molecule has 3 aromatic rings. The van der Waals surface area contributed by atoms with E-state index in [9.17, 15) is 9.59 Å². The van der Waals surface area contributed by atoms with Crippen molar-refractivity contribution in [1.29, 1.82) is 0 Å². The number of nitrogens with zero attached hydrogens (tertiary/aromatic N) is 3. The third-order valence-corrected chi connectivity index (χ3v) is 8.07. The first kappa shape index (κ1) is 26.5. The van der Waals surface area contributed by atoms with Crippen molar-refractivity contribution >= 4 is 23.2 Å². The molecule has 2 aliphatic carbocycles. The molecule has 206 valence electrons. The number of carbonyl (C=O) groups excluding carboxylic acids is 2. The predicted octanol–water partition coefficient (Wildman–Crippen LogP) is 6.90. The molecule has 2 aromatic carbocycles. The van der Waals surface area contributed by atoms with Gasteiger partial charge < -0.3 is 9.47 Å². The molecule has 40 heavy (non-hydrogen) atoms. The summed E-state index contributed by atoms with van der Waals surface area (Å²) < 4.78 is 14.0. The number of rotatable bonds is 5. The first-order chi connectivity index (χ1) is 19.0. The Kier molecular flexibility index (Phi) is 6.45.